The van der Waals surface area contributed by atoms with Crippen molar-refractivity contribution in [2.45, 2.75) is 58.3 Å². The summed E-state index contributed by atoms with van der Waals surface area (Å²) >= 11 is 6.45. The highest BCUT2D eigenvalue weighted by molar-refractivity contribution is 6.35. The van der Waals surface area contributed by atoms with E-state index in [9.17, 15) is 4.79 Å². The first-order valence-electron chi connectivity index (χ1n) is 9.98. The van der Waals surface area contributed by atoms with Crippen LogP contribution in [-0.2, 0) is 4.74 Å². The van der Waals surface area contributed by atoms with Gasteiger partial charge in [-0.15, -0.1) is 0 Å². The molecule has 1 saturated heterocycles. The molecule has 0 aliphatic carbocycles. The number of ether oxygens (including phenoxy) is 1. The Kier molecular flexibility index (Phi) is 4.27. The summed E-state index contributed by atoms with van der Waals surface area (Å²) in [6.07, 6.45) is 3.07. The second-order valence-electron chi connectivity index (χ2n) is 8.55. The molecule has 0 amide bonds. The minimum Gasteiger partial charge on any atom is -0.363 e. The molecule has 1 fully saturated rings. The standard InChI is InChI=1S/C21H22ClN5O3/c1-11(2)27-16-12(22)6-5-7-13(16)26-10-23-15(17(26)20(27)28)18-24-19(30-25-18)14-8-9-21(3,4)29-14/h5-7,10-11,14H,8-9H2,1-4H3. The fourth-order valence-electron chi connectivity index (χ4n) is 4.16. The molecule has 0 bridgehead atoms. The van der Waals surface area contributed by atoms with Gasteiger partial charge in [0.2, 0.25) is 5.82 Å². The molecule has 8 nitrogen and oxygen atoms in total. The SMILES string of the molecule is CC(C)n1c(=O)c2c(-c3noc(C4CCC(C)(C)O4)n3)ncn2c2cccc(Cl)c21. The summed E-state index contributed by atoms with van der Waals surface area (Å²) < 4.78 is 14.9. The van der Waals surface area contributed by atoms with Crippen molar-refractivity contribution < 1.29 is 9.26 Å². The first kappa shape index (κ1) is 19.3. The van der Waals surface area contributed by atoms with E-state index < -0.39 is 0 Å². The number of hydrogen-bond acceptors (Lipinski definition) is 6. The van der Waals surface area contributed by atoms with Crippen LogP contribution in [-0.4, -0.2) is 29.7 Å². The molecular weight excluding hydrogens is 406 g/mol. The minimum absolute atomic E-state index is 0.0948. The van der Waals surface area contributed by atoms with Crippen LogP contribution in [0.4, 0.5) is 0 Å². The Morgan fingerprint density at radius 1 is 1.27 bits per heavy atom. The highest BCUT2D eigenvalue weighted by Crippen LogP contribution is 2.38. The van der Waals surface area contributed by atoms with Gasteiger partial charge in [-0.1, -0.05) is 22.8 Å². The van der Waals surface area contributed by atoms with Gasteiger partial charge in [-0.3, -0.25) is 9.20 Å². The van der Waals surface area contributed by atoms with Crippen LogP contribution in [0, 0.1) is 0 Å². The molecule has 1 aromatic carbocycles. The number of para-hydroxylation sites is 1. The van der Waals surface area contributed by atoms with E-state index in [0.29, 0.717) is 27.6 Å². The first-order chi connectivity index (χ1) is 14.3. The third-order valence-electron chi connectivity index (χ3n) is 5.57. The maximum absolute atomic E-state index is 13.5. The molecule has 3 aromatic heterocycles. The van der Waals surface area contributed by atoms with Crippen molar-refractivity contribution in [2.75, 3.05) is 0 Å². The van der Waals surface area contributed by atoms with Gasteiger partial charge in [0.15, 0.2) is 0 Å². The topological polar surface area (TPSA) is 87.5 Å². The third-order valence-corrected chi connectivity index (χ3v) is 5.88. The second kappa shape index (κ2) is 6.65. The van der Waals surface area contributed by atoms with Gasteiger partial charge in [-0.2, -0.15) is 4.98 Å². The average molecular weight is 428 g/mol. The molecule has 1 aliphatic rings. The first-order valence-corrected chi connectivity index (χ1v) is 10.4. The van der Waals surface area contributed by atoms with Gasteiger partial charge >= 0.3 is 0 Å². The molecule has 4 heterocycles. The van der Waals surface area contributed by atoms with Crippen LogP contribution in [0.5, 0.6) is 0 Å². The molecule has 1 aliphatic heterocycles. The zero-order chi connectivity index (χ0) is 21.2. The summed E-state index contributed by atoms with van der Waals surface area (Å²) in [6.45, 7) is 7.97. The number of halogens is 1. The van der Waals surface area contributed by atoms with E-state index in [1.54, 1.807) is 21.4 Å². The van der Waals surface area contributed by atoms with E-state index in [-0.39, 0.29) is 29.1 Å². The molecule has 5 rings (SSSR count). The fourth-order valence-corrected chi connectivity index (χ4v) is 4.42. The van der Waals surface area contributed by atoms with E-state index in [1.165, 1.54) is 0 Å². The van der Waals surface area contributed by atoms with Crippen molar-refractivity contribution in [3.05, 3.63) is 45.8 Å². The lowest BCUT2D eigenvalue weighted by Crippen LogP contribution is -2.25. The Morgan fingerprint density at radius 3 is 2.77 bits per heavy atom. The number of rotatable bonds is 3. The lowest BCUT2D eigenvalue weighted by molar-refractivity contribution is -0.0292. The van der Waals surface area contributed by atoms with Gasteiger partial charge in [0, 0.05) is 6.04 Å². The number of hydrogen-bond donors (Lipinski definition) is 0. The Bertz CT molecular complexity index is 1330. The van der Waals surface area contributed by atoms with E-state index in [4.69, 9.17) is 20.9 Å². The summed E-state index contributed by atoms with van der Waals surface area (Å²) in [7, 11) is 0. The van der Waals surface area contributed by atoms with Gasteiger partial charge in [0.1, 0.15) is 23.6 Å². The van der Waals surface area contributed by atoms with Gasteiger partial charge < -0.3 is 13.8 Å². The number of benzene rings is 1. The average Bonchev–Trinajstić information content (AvgIpc) is 3.39. The highest BCUT2D eigenvalue weighted by Gasteiger charge is 2.36. The smallest absolute Gasteiger partial charge is 0.278 e. The van der Waals surface area contributed by atoms with Crippen molar-refractivity contribution in [3.8, 4) is 11.5 Å². The quantitative estimate of drug-likeness (QED) is 0.476. The monoisotopic (exact) mass is 427 g/mol. The molecular formula is C21H22ClN5O3. The summed E-state index contributed by atoms with van der Waals surface area (Å²) in [5.41, 5.74) is 1.80. The summed E-state index contributed by atoms with van der Waals surface area (Å²) in [5.74, 6) is 0.680. The number of nitrogens with zero attached hydrogens (tertiary/aromatic N) is 5. The molecule has 1 unspecified atom stereocenters. The van der Waals surface area contributed by atoms with Crippen LogP contribution < -0.4 is 5.56 Å². The Labute approximate surface area is 177 Å². The Balaban J connectivity index is 1.71. The molecule has 0 N–H and O–H groups in total. The van der Waals surface area contributed by atoms with Crippen molar-refractivity contribution in [1.82, 2.24) is 24.1 Å². The van der Waals surface area contributed by atoms with E-state index >= 15 is 0 Å². The molecule has 30 heavy (non-hydrogen) atoms. The molecule has 9 heteroatoms. The lowest BCUT2D eigenvalue weighted by atomic mass is 10.1. The minimum atomic E-state index is -0.248. The molecule has 0 spiro atoms. The van der Waals surface area contributed by atoms with Gasteiger partial charge in [0.25, 0.3) is 11.4 Å². The van der Waals surface area contributed by atoms with Crippen LogP contribution in [0.3, 0.4) is 0 Å². The lowest BCUT2D eigenvalue weighted by Gasteiger charge is -2.17. The number of fused-ring (bicyclic) bond motifs is 3. The van der Waals surface area contributed by atoms with E-state index in [1.807, 2.05) is 39.8 Å². The predicted molar refractivity (Wildman–Crippen MR) is 113 cm³/mol. The van der Waals surface area contributed by atoms with E-state index in [2.05, 4.69) is 15.1 Å². The zero-order valence-corrected chi connectivity index (χ0v) is 18.0. The maximum atomic E-state index is 13.5. The number of imidazole rings is 1. The molecule has 156 valence electrons. The van der Waals surface area contributed by atoms with Crippen LogP contribution in [0.15, 0.2) is 33.8 Å². The molecule has 0 saturated carbocycles. The third kappa shape index (κ3) is 2.86. The molecule has 0 radical (unpaired) electrons. The van der Waals surface area contributed by atoms with Crippen molar-refractivity contribution in [1.29, 1.82) is 0 Å². The fraction of sp³-hybridized carbons (Fsp3) is 0.429. The van der Waals surface area contributed by atoms with Gasteiger partial charge in [-0.25, -0.2) is 4.98 Å². The largest absolute Gasteiger partial charge is 0.363 e. The normalized spacial score (nSPS) is 18.8. The van der Waals surface area contributed by atoms with Crippen molar-refractivity contribution in [3.63, 3.8) is 0 Å². The summed E-state index contributed by atoms with van der Waals surface area (Å²) in [6, 6.07) is 5.45. The van der Waals surface area contributed by atoms with Crippen molar-refractivity contribution in [2.24, 2.45) is 0 Å². The van der Waals surface area contributed by atoms with Crippen LogP contribution in [0.25, 0.3) is 28.1 Å². The Morgan fingerprint density at radius 2 is 2.07 bits per heavy atom. The van der Waals surface area contributed by atoms with Crippen molar-refractivity contribution >= 4 is 28.2 Å². The van der Waals surface area contributed by atoms with Gasteiger partial charge in [0.05, 0.1) is 21.7 Å². The van der Waals surface area contributed by atoms with Gasteiger partial charge in [-0.05, 0) is 52.7 Å². The highest BCUT2D eigenvalue weighted by atomic mass is 35.5. The maximum Gasteiger partial charge on any atom is 0.278 e. The zero-order valence-electron chi connectivity index (χ0n) is 17.2. The second-order valence-corrected chi connectivity index (χ2v) is 8.96. The summed E-state index contributed by atoms with van der Waals surface area (Å²) in [4.78, 5) is 22.4. The predicted octanol–water partition coefficient (Wildman–Crippen LogP) is 4.56. The van der Waals surface area contributed by atoms with Crippen LogP contribution in [0.2, 0.25) is 5.02 Å². The number of aromatic nitrogens is 5. The summed E-state index contributed by atoms with van der Waals surface area (Å²) in [5, 5.41) is 4.61. The van der Waals surface area contributed by atoms with E-state index in [0.717, 1.165) is 18.4 Å². The molecule has 4 aromatic rings. The molecule has 1 atom stereocenters. The van der Waals surface area contributed by atoms with Crippen LogP contribution >= 0.6 is 11.6 Å². The Hall–Kier alpha value is -2.71. The van der Waals surface area contributed by atoms with Crippen LogP contribution in [0.1, 0.15) is 58.6 Å².